The second kappa shape index (κ2) is 5.17. The molecule has 1 heterocycles. The van der Waals surface area contributed by atoms with Crippen molar-refractivity contribution in [3.8, 4) is 0 Å². The zero-order chi connectivity index (χ0) is 9.68. The molecule has 0 amide bonds. The van der Waals surface area contributed by atoms with Crippen LogP contribution in [0.5, 0.6) is 0 Å². The third-order valence-electron chi connectivity index (χ3n) is 1.81. The van der Waals surface area contributed by atoms with Gasteiger partial charge in [-0.2, -0.15) is 11.8 Å². The minimum absolute atomic E-state index is 0.971. The zero-order valence-corrected chi connectivity index (χ0v) is 9.32. The number of rotatable bonds is 5. The fourth-order valence-electron chi connectivity index (χ4n) is 1.20. The summed E-state index contributed by atoms with van der Waals surface area (Å²) in [6.07, 6.45) is 5.34. The van der Waals surface area contributed by atoms with E-state index in [0.717, 1.165) is 18.2 Å². The quantitative estimate of drug-likeness (QED) is 0.734. The van der Waals surface area contributed by atoms with Gasteiger partial charge in [-0.1, -0.05) is 0 Å². The number of aryl methyl sites for hydroxylation is 2. The lowest BCUT2D eigenvalue weighted by Crippen LogP contribution is -2.07. The van der Waals surface area contributed by atoms with Gasteiger partial charge in [-0.3, -0.25) is 0 Å². The van der Waals surface area contributed by atoms with Crippen molar-refractivity contribution in [1.82, 2.24) is 9.55 Å². The Morgan fingerprint density at radius 2 is 2.38 bits per heavy atom. The Balaban J connectivity index is 2.32. The third kappa shape index (κ3) is 3.30. The van der Waals surface area contributed by atoms with Crippen LogP contribution in [0, 0.1) is 6.92 Å². The molecule has 0 saturated heterocycles. The van der Waals surface area contributed by atoms with Crippen LogP contribution in [-0.2, 0) is 7.05 Å². The molecule has 0 spiro atoms. The first-order chi connectivity index (χ1) is 6.24. The monoisotopic (exact) mass is 199 g/mol. The van der Waals surface area contributed by atoms with E-state index in [9.17, 15) is 0 Å². The Morgan fingerprint density at radius 1 is 1.62 bits per heavy atom. The maximum Gasteiger partial charge on any atom is 0.202 e. The molecule has 1 N–H and O–H groups in total. The van der Waals surface area contributed by atoms with Crippen LogP contribution in [0.15, 0.2) is 6.20 Å². The van der Waals surface area contributed by atoms with Gasteiger partial charge in [-0.15, -0.1) is 0 Å². The Kier molecular flexibility index (Phi) is 4.15. The van der Waals surface area contributed by atoms with Crippen molar-refractivity contribution in [2.24, 2.45) is 7.05 Å². The molecule has 0 aliphatic rings. The molecule has 0 aliphatic carbocycles. The smallest absolute Gasteiger partial charge is 0.202 e. The van der Waals surface area contributed by atoms with Crippen molar-refractivity contribution in [2.75, 3.05) is 23.9 Å². The number of aromatic nitrogens is 2. The highest BCUT2D eigenvalue weighted by atomic mass is 32.2. The van der Waals surface area contributed by atoms with Crippen LogP contribution in [0.2, 0.25) is 0 Å². The maximum atomic E-state index is 4.35. The Bertz CT molecular complexity index is 257. The molecule has 13 heavy (non-hydrogen) atoms. The van der Waals surface area contributed by atoms with Gasteiger partial charge in [0.15, 0.2) is 0 Å². The summed E-state index contributed by atoms with van der Waals surface area (Å²) < 4.78 is 2.02. The first-order valence-corrected chi connectivity index (χ1v) is 5.86. The van der Waals surface area contributed by atoms with Gasteiger partial charge >= 0.3 is 0 Å². The van der Waals surface area contributed by atoms with Crippen LogP contribution in [0.25, 0.3) is 0 Å². The van der Waals surface area contributed by atoms with Crippen LogP contribution in [0.4, 0.5) is 5.95 Å². The van der Waals surface area contributed by atoms with Gasteiger partial charge in [0.05, 0.1) is 5.69 Å². The standard InChI is InChI=1S/C9H17N3S/c1-8-7-12(2)9(11-8)10-5-4-6-13-3/h7H,4-6H2,1-3H3,(H,10,11). The Hall–Kier alpha value is -0.640. The first kappa shape index (κ1) is 10.4. The Morgan fingerprint density at radius 3 is 2.92 bits per heavy atom. The summed E-state index contributed by atoms with van der Waals surface area (Å²) in [6, 6.07) is 0. The molecule has 0 fully saturated rings. The first-order valence-electron chi connectivity index (χ1n) is 4.47. The number of hydrogen-bond acceptors (Lipinski definition) is 3. The highest BCUT2D eigenvalue weighted by Gasteiger charge is 1.99. The summed E-state index contributed by atoms with van der Waals surface area (Å²) in [7, 11) is 2.01. The molecule has 0 aliphatic heterocycles. The lowest BCUT2D eigenvalue weighted by molar-refractivity contribution is 0.884. The van der Waals surface area contributed by atoms with Gasteiger partial charge in [-0.05, 0) is 25.4 Å². The van der Waals surface area contributed by atoms with Crippen molar-refractivity contribution in [3.63, 3.8) is 0 Å². The molecule has 0 aromatic carbocycles. The molecule has 0 atom stereocenters. The van der Waals surface area contributed by atoms with Crippen LogP contribution < -0.4 is 5.32 Å². The summed E-state index contributed by atoms with van der Waals surface area (Å²) in [4.78, 5) is 4.35. The molecule has 0 saturated carbocycles. The fraction of sp³-hybridized carbons (Fsp3) is 0.667. The molecule has 1 rings (SSSR count). The molecule has 0 unspecified atom stereocenters. The summed E-state index contributed by atoms with van der Waals surface area (Å²) >= 11 is 1.88. The maximum absolute atomic E-state index is 4.35. The molecule has 0 bridgehead atoms. The van der Waals surface area contributed by atoms with Crippen LogP contribution in [0.1, 0.15) is 12.1 Å². The molecule has 1 aromatic heterocycles. The average molecular weight is 199 g/mol. The number of nitrogens with zero attached hydrogens (tertiary/aromatic N) is 2. The molecule has 4 heteroatoms. The van der Waals surface area contributed by atoms with Crippen LogP contribution in [0.3, 0.4) is 0 Å². The van der Waals surface area contributed by atoms with E-state index in [1.54, 1.807) is 0 Å². The lowest BCUT2D eigenvalue weighted by Gasteiger charge is -2.04. The van der Waals surface area contributed by atoms with Crippen molar-refractivity contribution in [1.29, 1.82) is 0 Å². The van der Waals surface area contributed by atoms with Crippen molar-refractivity contribution in [3.05, 3.63) is 11.9 Å². The topological polar surface area (TPSA) is 29.9 Å². The molecular formula is C9H17N3S. The lowest BCUT2D eigenvalue weighted by atomic mass is 10.5. The zero-order valence-electron chi connectivity index (χ0n) is 8.50. The summed E-state index contributed by atoms with van der Waals surface area (Å²) in [5, 5.41) is 3.31. The minimum Gasteiger partial charge on any atom is -0.356 e. The van der Waals surface area contributed by atoms with Gasteiger partial charge in [0.1, 0.15) is 0 Å². The predicted octanol–water partition coefficient (Wildman–Crippen LogP) is 1.89. The van der Waals surface area contributed by atoms with Gasteiger partial charge in [0.25, 0.3) is 0 Å². The summed E-state index contributed by atoms with van der Waals surface area (Å²) in [5.41, 5.74) is 1.06. The summed E-state index contributed by atoms with van der Waals surface area (Å²) in [6.45, 7) is 3.01. The second-order valence-corrected chi connectivity index (χ2v) is 4.08. The molecule has 1 aromatic rings. The number of nitrogens with one attached hydrogen (secondary N) is 1. The largest absolute Gasteiger partial charge is 0.356 e. The molecule has 3 nitrogen and oxygen atoms in total. The van der Waals surface area contributed by atoms with E-state index in [1.807, 2.05) is 36.5 Å². The van der Waals surface area contributed by atoms with E-state index < -0.39 is 0 Å². The normalized spacial score (nSPS) is 10.4. The third-order valence-corrected chi connectivity index (χ3v) is 2.50. The van der Waals surface area contributed by atoms with Crippen molar-refractivity contribution < 1.29 is 0 Å². The van der Waals surface area contributed by atoms with E-state index in [0.29, 0.717) is 0 Å². The van der Waals surface area contributed by atoms with Crippen LogP contribution in [-0.4, -0.2) is 28.1 Å². The molecule has 0 radical (unpaired) electrons. The minimum atomic E-state index is 0.971. The SMILES string of the molecule is CSCCCNc1nc(C)cn1C. The molecule has 74 valence electrons. The highest BCUT2D eigenvalue weighted by Crippen LogP contribution is 2.05. The van der Waals surface area contributed by atoms with Gasteiger partial charge in [0.2, 0.25) is 5.95 Å². The van der Waals surface area contributed by atoms with Gasteiger partial charge in [-0.25, -0.2) is 4.98 Å². The number of thioether (sulfide) groups is 1. The second-order valence-electron chi connectivity index (χ2n) is 3.09. The number of hydrogen-bond donors (Lipinski definition) is 1. The molecular weight excluding hydrogens is 182 g/mol. The average Bonchev–Trinajstić information content (AvgIpc) is 2.39. The summed E-state index contributed by atoms with van der Waals surface area (Å²) in [5.74, 6) is 2.18. The van der Waals surface area contributed by atoms with E-state index in [1.165, 1.54) is 12.2 Å². The van der Waals surface area contributed by atoms with E-state index in [-0.39, 0.29) is 0 Å². The van der Waals surface area contributed by atoms with E-state index in [4.69, 9.17) is 0 Å². The number of imidazole rings is 1. The van der Waals surface area contributed by atoms with E-state index >= 15 is 0 Å². The van der Waals surface area contributed by atoms with Gasteiger partial charge in [0, 0.05) is 19.8 Å². The van der Waals surface area contributed by atoms with Gasteiger partial charge < -0.3 is 9.88 Å². The van der Waals surface area contributed by atoms with Crippen molar-refractivity contribution in [2.45, 2.75) is 13.3 Å². The highest BCUT2D eigenvalue weighted by molar-refractivity contribution is 7.98. The van der Waals surface area contributed by atoms with Crippen molar-refractivity contribution >= 4 is 17.7 Å². The van der Waals surface area contributed by atoms with E-state index in [2.05, 4.69) is 16.6 Å². The number of anilines is 1. The predicted molar refractivity (Wildman–Crippen MR) is 59.4 cm³/mol. The fourth-order valence-corrected chi connectivity index (χ4v) is 1.63. The Labute approximate surface area is 83.9 Å². The van der Waals surface area contributed by atoms with Crippen LogP contribution >= 0.6 is 11.8 Å².